The summed E-state index contributed by atoms with van der Waals surface area (Å²) < 4.78 is 19.6. The summed E-state index contributed by atoms with van der Waals surface area (Å²) >= 11 is 4.55. The molecule has 4 rings (SSSR count). The van der Waals surface area contributed by atoms with Crippen LogP contribution in [0.4, 0.5) is 0 Å². The van der Waals surface area contributed by atoms with Gasteiger partial charge in [-0.2, -0.15) is 0 Å². The number of nitrogens with zero attached hydrogens (tertiary/aromatic N) is 1. The van der Waals surface area contributed by atoms with Crippen LogP contribution in [0.2, 0.25) is 0 Å². The molecule has 2 aromatic carbocycles. The minimum Gasteiger partial charge on any atom is -0.460 e. The van der Waals surface area contributed by atoms with Crippen molar-refractivity contribution in [1.82, 2.24) is 4.57 Å². The Morgan fingerprint density at radius 3 is 2.83 bits per heavy atom. The molecule has 150 valence electrons. The number of hydrogen-bond acceptors (Lipinski definition) is 6. The van der Waals surface area contributed by atoms with Crippen molar-refractivity contribution >= 4 is 33.2 Å². The minimum atomic E-state index is -0.522. The first kappa shape index (κ1) is 19.9. The van der Waals surface area contributed by atoms with Crippen LogP contribution in [0.3, 0.4) is 0 Å². The number of ether oxygens (including phenoxy) is 3. The molecule has 1 aliphatic rings. The largest absolute Gasteiger partial charge is 0.460 e. The van der Waals surface area contributed by atoms with E-state index in [9.17, 15) is 9.59 Å². The van der Waals surface area contributed by atoms with Crippen molar-refractivity contribution in [1.29, 1.82) is 0 Å². The SMILES string of the molecule is Cc1csc(=O)n1CC(=O)OCc1cc(Br)cc2c1O[C@@H](c1ccccc1)OC2. The molecule has 2 heterocycles. The second kappa shape index (κ2) is 8.52. The molecule has 29 heavy (non-hydrogen) atoms. The van der Waals surface area contributed by atoms with Crippen molar-refractivity contribution in [3.8, 4) is 5.75 Å². The van der Waals surface area contributed by atoms with Crippen LogP contribution in [0, 0.1) is 6.92 Å². The molecular weight excluding hydrogens is 458 g/mol. The van der Waals surface area contributed by atoms with E-state index in [-0.39, 0.29) is 18.0 Å². The quantitative estimate of drug-likeness (QED) is 0.513. The first-order chi connectivity index (χ1) is 14.0. The topological polar surface area (TPSA) is 66.8 Å². The molecule has 0 saturated heterocycles. The van der Waals surface area contributed by atoms with E-state index in [2.05, 4.69) is 15.9 Å². The molecule has 0 spiro atoms. The van der Waals surface area contributed by atoms with Gasteiger partial charge in [0.1, 0.15) is 18.9 Å². The van der Waals surface area contributed by atoms with Crippen molar-refractivity contribution in [3.63, 3.8) is 0 Å². The van der Waals surface area contributed by atoms with Crippen LogP contribution in [0.25, 0.3) is 0 Å². The van der Waals surface area contributed by atoms with Gasteiger partial charge in [0.25, 0.3) is 0 Å². The number of benzene rings is 2. The molecule has 0 N–H and O–H groups in total. The van der Waals surface area contributed by atoms with E-state index < -0.39 is 12.3 Å². The van der Waals surface area contributed by atoms with Crippen LogP contribution in [0.5, 0.6) is 5.75 Å². The Morgan fingerprint density at radius 1 is 1.31 bits per heavy atom. The molecule has 1 atom stereocenters. The number of carbonyl (C=O) groups excluding carboxylic acids is 1. The highest BCUT2D eigenvalue weighted by Crippen LogP contribution is 2.38. The summed E-state index contributed by atoms with van der Waals surface area (Å²) in [4.78, 5) is 23.9. The third-order valence-electron chi connectivity index (χ3n) is 4.55. The van der Waals surface area contributed by atoms with Crippen molar-refractivity contribution in [2.45, 2.75) is 33.0 Å². The molecule has 3 aromatic rings. The van der Waals surface area contributed by atoms with E-state index >= 15 is 0 Å². The van der Waals surface area contributed by atoms with Gasteiger partial charge in [-0.3, -0.25) is 14.2 Å². The lowest BCUT2D eigenvalue weighted by molar-refractivity contribution is -0.146. The Bertz CT molecular complexity index is 1090. The second-order valence-electron chi connectivity index (χ2n) is 6.61. The van der Waals surface area contributed by atoms with Gasteiger partial charge in [0.15, 0.2) is 0 Å². The molecule has 0 aliphatic carbocycles. The highest BCUT2D eigenvalue weighted by Gasteiger charge is 2.25. The average Bonchev–Trinajstić information content (AvgIpc) is 3.04. The van der Waals surface area contributed by atoms with Crippen molar-refractivity contribution in [3.05, 3.63) is 84.4 Å². The predicted molar refractivity (Wildman–Crippen MR) is 112 cm³/mol. The average molecular weight is 476 g/mol. The number of aromatic nitrogens is 1. The molecule has 0 unspecified atom stereocenters. The Balaban J connectivity index is 1.50. The van der Waals surface area contributed by atoms with Gasteiger partial charge in [0, 0.05) is 32.2 Å². The molecule has 0 radical (unpaired) electrons. The van der Waals surface area contributed by atoms with Gasteiger partial charge < -0.3 is 14.2 Å². The Morgan fingerprint density at radius 2 is 2.10 bits per heavy atom. The highest BCUT2D eigenvalue weighted by molar-refractivity contribution is 9.10. The van der Waals surface area contributed by atoms with E-state index in [1.807, 2.05) is 42.5 Å². The fourth-order valence-electron chi connectivity index (χ4n) is 3.09. The molecule has 1 aromatic heterocycles. The van der Waals surface area contributed by atoms with Crippen LogP contribution in [0.15, 0.2) is 57.1 Å². The fraction of sp³-hybridized carbons (Fsp3) is 0.238. The van der Waals surface area contributed by atoms with Gasteiger partial charge in [-0.1, -0.05) is 57.6 Å². The van der Waals surface area contributed by atoms with Gasteiger partial charge in [-0.05, 0) is 19.1 Å². The van der Waals surface area contributed by atoms with Crippen LogP contribution >= 0.6 is 27.3 Å². The molecule has 8 heteroatoms. The van der Waals surface area contributed by atoms with Gasteiger partial charge in [0.05, 0.1) is 6.61 Å². The molecule has 0 amide bonds. The number of carbonyl (C=O) groups is 1. The van der Waals surface area contributed by atoms with E-state index in [0.29, 0.717) is 12.4 Å². The lowest BCUT2D eigenvalue weighted by atomic mass is 10.1. The Kier molecular flexibility index (Phi) is 5.84. The first-order valence-corrected chi connectivity index (χ1v) is 10.6. The summed E-state index contributed by atoms with van der Waals surface area (Å²) in [5.41, 5.74) is 3.27. The number of halogens is 1. The summed E-state index contributed by atoms with van der Waals surface area (Å²) in [6, 6.07) is 13.5. The minimum absolute atomic E-state index is 0.0417. The third-order valence-corrected chi connectivity index (χ3v) is 5.89. The predicted octanol–water partition coefficient (Wildman–Crippen LogP) is 4.33. The summed E-state index contributed by atoms with van der Waals surface area (Å²) in [6.45, 7) is 2.10. The van der Waals surface area contributed by atoms with Gasteiger partial charge >= 0.3 is 10.8 Å². The van der Waals surface area contributed by atoms with Gasteiger partial charge in [-0.25, -0.2) is 0 Å². The Hall–Kier alpha value is -2.42. The molecule has 0 bridgehead atoms. The number of aryl methyl sites for hydroxylation is 1. The van der Waals surface area contributed by atoms with Crippen LogP contribution in [0.1, 0.15) is 28.7 Å². The maximum Gasteiger partial charge on any atom is 0.326 e. The Labute approximate surface area is 179 Å². The zero-order valence-electron chi connectivity index (χ0n) is 15.6. The zero-order chi connectivity index (χ0) is 20.4. The summed E-state index contributed by atoms with van der Waals surface area (Å²) in [5.74, 6) is 0.180. The molecular formula is C21H18BrNO5S. The smallest absolute Gasteiger partial charge is 0.326 e. The van der Waals surface area contributed by atoms with E-state index in [1.54, 1.807) is 12.3 Å². The third kappa shape index (κ3) is 4.44. The van der Waals surface area contributed by atoms with Gasteiger partial charge in [0.2, 0.25) is 6.29 Å². The lowest BCUT2D eigenvalue weighted by Crippen LogP contribution is -2.22. The lowest BCUT2D eigenvalue weighted by Gasteiger charge is -2.28. The zero-order valence-corrected chi connectivity index (χ0v) is 18.0. The molecule has 0 saturated carbocycles. The summed E-state index contributed by atoms with van der Waals surface area (Å²) in [5, 5.41) is 1.72. The van der Waals surface area contributed by atoms with Gasteiger partial charge in [-0.15, -0.1) is 0 Å². The van der Waals surface area contributed by atoms with Crippen LogP contribution in [-0.4, -0.2) is 10.5 Å². The second-order valence-corrected chi connectivity index (χ2v) is 8.35. The monoisotopic (exact) mass is 475 g/mol. The maximum atomic E-state index is 12.3. The molecule has 1 aliphatic heterocycles. The molecule has 0 fully saturated rings. The van der Waals surface area contributed by atoms with Crippen molar-refractivity contribution < 1.29 is 19.0 Å². The maximum absolute atomic E-state index is 12.3. The van der Waals surface area contributed by atoms with E-state index in [1.165, 1.54) is 4.57 Å². The van der Waals surface area contributed by atoms with Crippen molar-refractivity contribution in [2.24, 2.45) is 0 Å². The molecule has 6 nitrogen and oxygen atoms in total. The van der Waals surface area contributed by atoms with Crippen LogP contribution < -0.4 is 9.61 Å². The number of thiazole rings is 1. The number of rotatable bonds is 5. The summed E-state index contributed by atoms with van der Waals surface area (Å²) in [7, 11) is 0. The normalized spacial score (nSPS) is 15.4. The summed E-state index contributed by atoms with van der Waals surface area (Å²) in [6.07, 6.45) is -0.522. The van der Waals surface area contributed by atoms with Crippen molar-refractivity contribution in [2.75, 3.05) is 0 Å². The number of hydrogen-bond donors (Lipinski definition) is 0. The van der Waals surface area contributed by atoms with E-state index in [0.717, 1.165) is 38.2 Å². The number of esters is 1. The van der Waals surface area contributed by atoms with Crippen LogP contribution in [-0.2, 0) is 34.0 Å². The first-order valence-electron chi connectivity index (χ1n) is 8.96. The van der Waals surface area contributed by atoms with E-state index in [4.69, 9.17) is 14.2 Å². The number of fused-ring (bicyclic) bond motifs is 1. The fourth-order valence-corrected chi connectivity index (χ4v) is 4.37. The highest BCUT2D eigenvalue weighted by atomic mass is 79.9. The standard InChI is InChI=1S/C21H18BrNO5S/c1-13-12-29-21(25)23(13)9-18(24)26-10-15-7-17(22)8-16-11-27-20(28-19(15)16)14-5-3-2-4-6-14/h2-8,12,20H,9-11H2,1H3/t20-/m0/s1.